The van der Waals surface area contributed by atoms with E-state index >= 15 is 0 Å². The molecule has 2 aromatic heterocycles. The number of nitrogens with zero attached hydrogens (tertiary/aromatic N) is 4. The number of ether oxygens (including phenoxy) is 3. The van der Waals surface area contributed by atoms with Crippen molar-refractivity contribution in [1.29, 1.82) is 0 Å². The fourth-order valence-corrected chi connectivity index (χ4v) is 8.62. The monoisotopic (exact) mass is 1040 g/mol. The predicted octanol–water partition coefficient (Wildman–Crippen LogP) is 1.01. The number of piperidine rings is 2. The quantitative estimate of drug-likeness (QED) is 0.0973. The van der Waals surface area contributed by atoms with Crippen LogP contribution in [0.15, 0.2) is 24.3 Å². The van der Waals surface area contributed by atoms with Crippen LogP contribution in [0.3, 0.4) is 0 Å². The molecule has 4 aliphatic heterocycles. The van der Waals surface area contributed by atoms with Crippen molar-refractivity contribution in [2.75, 3.05) is 62.8 Å². The van der Waals surface area contributed by atoms with E-state index in [1.54, 1.807) is 41.5 Å². The maximum absolute atomic E-state index is 12.7. The van der Waals surface area contributed by atoms with Gasteiger partial charge < -0.3 is 50.0 Å². The molecular weight excluding hydrogens is 966 g/mol. The van der Waals surface area contributed by atoms with Gasteiger partial charge in [-0.1, -0.05) is 23.7 Å². The largest absolute Gasteiger partial charge is 1.00 e. The van der Waals surface area contributed by atoms with Gasteiger partial charge in [0.25, 0.3) is 0 Å². The van der Waals surface area contributed by atoms with Crippen LogP contribution in [0.1, 0.15) is 154 Å². The SMILES string of the molecule is CC(C)(C)C(=O)OCCl.CC(C)(C)C(=O)OCOC(=O)CCCC1CCN(C(=O)CCc2ccc3c(n2)NCCC3)CC1.O=C([O-])CCCC1CCN(C(=O)CCc2ccc3c(n2)NCCC3)CC1.[Na+].[Na+].[OH-]. The second-order valence-corrected chi connectivity index (χ2v) is 20.8. The second-order valence-electron chi connectivity index (χ2n) is 20.6. The summed E-state index contributed by atoms with van der Waals surface area (Å²) < 4.78 is 14.5. The molecule has 0 aromatic carbocycles. The molecule has 0 spiro atoms. The van der Waals surface area contributed by atoms with Gasteiger partial charge in [0.05, 0.1) is 10.8 Å². The van der Waals surface area contributed by atoms with Crippen molar-refractivity contribution in [2.24, 2.45) is 22.7 Å². The van der Waals surface area contributed by atoms with Crippen LogP contribution in [0.4, 0.5) is 11.6 Å². The number of likely N-dealkylation sites (tertiary alicyclic amines) is 2. The van der Waals surface area contributed by atoms with Gasteiger partial charge in [-0.25, -0.2) is 9.97 Å². The summed E-state index contributed by atoms with van der Waals surface area (Å²) in [4.78, 5) is 83.1. The number of aryl methyl sites for hydroxylation is 4. The Morgan fingerprint density at radius 3 is 1.44 bits per heavy atom. The smallest absolute Gasteiger partial charge is 0.870 e. The van der Waals surface area contributed by atoms with Crippen molar-refractivity contribution in [3.05, 3.63) is 46.8 Å². The minimum atomic E-state index is -0.969. The Morgan fingerprint density at radius 2 is 1.06 bits per heavy atom. The van der Waals surface area contributed by atoms with Gasteiger partial charge >= 0.3 is 77.0 Å². The molecule has 2 amide bonds. The number of hydrogen-bond donors (Lipinski definition) is 2. The summed E-state index contributed by atoms with van der Waals surface area (Å²) in [6.07, 6.45) is 14.4. The maximum atomic E-state index is 12.7. The van der Waals surface area contributed by atoms with E-state index in [4.69, 9.17) is 21.1 Å². The number of aromatic nitrogens is 2. The van der Waals surface area contributed by atoms with Gasteiger partial charge in [-0.15, -0.1) is 0 Å². The zero-order valence-electron chi connectivity index (χ0n) is 44.5. The van der Waals surface area contributed by atoms with Gasteiger partial charge in [-0.05, 0) is 173 Å². The summed E-state index contributed by atoms with van der Waals surface area (Å²) in [7, 11) is 0. The maximum Gasteiger partial charge on any atom is 1.00 e. The van der Waals surface area contributed by atoms with Gasteiger partial charge in [0.2, 0.25) is 18.6 Å². The molecule has 0 atom stereocenters. The molecule has 2 aromatic rings. The number of alkyl halides is 1. The molecule has 0 radical (unpaired) electrons. The summed E-state index contributed by atoms with van der Waals surface area (Å²) in [6, 6.07) is 8.30. The van der Waals surface area contributed by atoms with Crippen LogP contribution < -0.4 is 74.9 Å². The molecule has 0 saturated carbocycles. The van der Waals surface area contributed by atoms with E-state index < -0.39 is 22.8 Å². The Kier molecular flexibility index (Phi) is 32.1. The molecule has 17 nitrogen and oxygen atoms in total. The number of carbonyl (C=O) groups excluding carboxylic acids is 6. The number of esters is 3. The summed E-state index contributed by atoms with van der Waals surface area (Å²) in [5.74, 6) is 1.44. The van der Waals surface area contributed by atoms with Crippen molar-refractivity contribution < 1.29 is 113 Å². The van der Waals surface area contributed by atoms with Gasteiger partial charge in [0.1, 0.15) is 11.6 Å². The Hall–Kier alpha value is -3.03. The second kappa shape index (κ2) is 34.5. The zero-order chi connectivity index (χ0) is 50.4. The first-order valence-electron chi connectivity index (χ1n) is 25.1. The van der Waals surface area contributed by atoms with Crippen LogP contribution in [0.2, 0.25) is 0 Å². The van der Waals surface area contributed by atoms with E-state index in [0.717, 1.165) is 133 Å². The Morgan fingerprint density at radius 1 is 0.639 bits per heavy atom. The number of carbonyl (C=O) groups is 6. The van der Waals surface area contributed by atoms with Crippen LogP contribution in [0.25, 0.3) is 0 Å². The molecule has 2 saturated heterocycles. The molecule has 0 aliphatic carbocycles. The number of carboxylic acids is 1. The van der Waals surface area contributed by atoms with Gasteiger partial charge in [0.15, 0.2) is 6.07 Å². The third-order valence-corrected chi connectivity index (χ3v) is 12.9. The van der Waals surface area contributed by atoms with Crippen molar-refractivity contribution in [3.63, 3.8) is 0 Å². The van der Waals surface area contributed by atoms with Crippen LogP contribution in [-0.4, -0.2) is 113 Å². The number of fused-ring (bicyclic) bond motifs is 2. The molecule has 20 heteroatoms. The summed E-state index contributed by atoms with van der Waals surface area (Å²) in [5.41, 5.74) is 3.43. The zero-order valence-corrected chi connectivity index (χ0v) is 49.3. The number of nitrogens with one attached hydrogen (secondary N) is 2. The first-order chi connectivity index (χ1) is 32.8. The molecule has 6 heterocycles. The standard InChI is InChI=1S/C26H39N3O5.C20H29N3O3.C6H11ClO2.2Na.H2O/c1-26(2,3)25(32)34-18-33-23(31)8-4-6-19-13-16-29(17-14-19)22(30)12-11-21-10-9-20-7-5-15-27-24(20)28-21;24-18(23-13-10-15(11-14-23)3-1-5-19(25)26)9-8-17-7-6-16-4-2-12-21-20(16)22-17;1-6(2,3)5(8)9-4-7;;;/h9-10,19H,4-8,11-18H2,1-3H3,(H,27,28);6-7,15H,1-5,8-14H2,(H,21,22)(H,25,26);4H2,1-3H3;;;1H2/q;;;2*+1;/p-2. The third kappa shape index (κ3) is 25.0. The van der Waals surface area contributed by atoms with Crippen LogP contribution >= 0.6 is 11.6 Å². The fraction of sp³-hybridized carbons (Fsp3) is 0.692. The molecule has 2 fully saturated rings. The number of carboxylic acid groups (broad SMARTS) is 1. The number of rotatable bonds is 17. The molecule has 3 N–H and O–H groups in total. The minimum Gasteiger partial charge on any atom is -0.870 e. The number of halogens is 1. The first-order valence-corrected chi connectivity index (χ1v) is 25.6. The average Bonchev–Trinajstić information content (AvgIpc) is 3.32. The van der Waals surface area contributed by atoms with Crippen molar-refractivity contribution in [3.8, 4) is 0 Å². The van der Waals surface area contributed by atoms with E-state index in [2.05, 4.69) is 37.5 Å². The molecule has 72 heavy (non-hydrogen) atoms. The number of anilines is 2. The Bertz CT molecular complexity index is 2000. The Labute approximate surface area is 477 Å². The van der Waals surface area contributed by atoms with Crippen molar-refractivity contribution in [1.82, 2.24) is 19.8 Å². The van der Waals surface area contributed by atoms with E-state index in [1.807, 2.05) is 21.9 Å². The normalized spacial score (nSPS) is 15.4. The molecule has 0 bridgehead atoms. The summed E-state index contributed by atoms with van der Waals surface area (Å²) >= 11 is 5.16. The fourth-order valence-electron chi connectivity index (χ4n) is 8.52. The predicted molar refractivity (Wildman–Crippen MR) is 265 cm³/mol. The molecule has 392 valence electrons. The van der Waals surface area contributed by atoms with Crippen LogP contribution in [0.5, 0.6) is 0 Å². The number of aliphatic carboxylic acids is 1. The number of amides is 2. The number of pyridine rings is 2. The first kappa shape index (κ1) is 67.0. The van der Waals surface area contributed by atoms with Crippen LogP contribution in [-0.2, 0) is 68.7 Å². The molecule has 4 aliphatic rings. The summed E-state index contributed by atoms with van der Waals surface area (Å²) in [5, 5.41) is 17.2. The van der Waals surface area contributed by atoms with Crippen molar-refractivity contribution >= 4 is 58.9 Å². The van der Waals surface area contributed by atoms with Crippen LogP contribution in [0, 0.1) is 22.7 Å². The number of hydrogen-bond acceptors (Lipinski definition) is 15. The molecular formula is C52H79ClN6Na2O11. The van der Waals surface area contributed by atoms with Gasteiger partial charge in [-0.2, -0.15) is 0 Å². The Balaban J connectivity index is 0.000000606. The molecule has 6 rings (SSSR count). The minimum absolute atomic E-state index is 0. The van der Waals surface area contributed by atoms with E-state index in [1.165, 1.54) is 11.1 Å². The third-order valence-electron chi connectivity index (χ3n) is 12.8. The molecule has 0 unspecified atom stereocenters. The van der Waals surface area contributed by atoms with Gasteiger partial charge in [-0.3, -0.25) is 24.0 Å². The van der Waals surface area contributed by atoms with E-state index in [-0.39, 0.29) is 108 Å². The van der Waals surface area contributed by atoms with E-state index in [9.17, 15) is 33.9 Å². The average molecular weight is 1050 g/mol. The van der Waals surface area contributed by atoms with Crippen molar-refractivity contribution in [2.45, 2.75) is 157 Å². The van der Waals surface area contributed by atoms with E-state index in [0.29, 0.717) is 50.4 Å². The van der Waals surface area contributed by atoms with Gasteiger partial charge in [0, 0.05) is 75.9 Å². The topological polar surface area (TPSA) is 239 Å². The summed E-state index contributed by atoms with van der Waals surface area (Å²) in [6.45, 7) is 15.3.